The number of hydrogen-bond acceptors (Lipinski definition) is 7. The summed E-state index contributed by atoms with van der Waals surface area (Å²) in [5.41, 5.74) is 0.452. The van der Waals surface area contributed by atoms with Gasteiger partial charge in [0.25, 0.3) is 0 Å². The standard InChI is InChI=1S/C16H17NO7S/c1-23-15(19)9-3-10(16(20)24-2)5-12(4-9)17-13-8-25(21,22)7-11(13)6-14(17)18/h3-5,11,13H,6-8H2,1-2H3/t11-,13-/m0/s1. The van der Waals surface area contributed by atoms with Crippen molar-refractivity contribution in [2.24, 2.45) is 5.92 Å². The number of rotatable bonds is 3. The van der Waals surface area contributed by atoms with Gasteiger partial charge in [-0.3, -0.25) is 4.79 Å². The highest BCUT2D eigenvalue weighted by molar-refractivity contribution is 7.91. The Balaban J connectivity index is 2.07. The first-order valence-electron chi connectivity index (χ1n) is 7.60. The van der Waals surface area contributed by atoms with Gasteiger partial charge >= 0.3 is 11.9 Å². The van der Waals surface area contributed by atoms with E-state index in [9.17, 15) is 22.8 Å². The summed E-state index contributed by atoms with van der Waals surface area (Å²) in [6, 6.07) is 3.66. The van der Waals surface area contributed by atoms with Crippen molar-refractivity contribution in [1.82, 2.24) is 0 Å². The molecule has 1 aromatic carbocycles. The van der Waals surface area contributed by atoms with Gasteiger partial charge in [-0.05, 0) is 18.2 Å². The van der Waals surface area contributed by atoms with E-state index in [0.717, 1.165) is 0 Å². The number of benzene rings is 1. The molecule has 0 radical (unpaired) electrons. The van der Waals surface area contributed by atoms with Crippen LogP contribution in [0.5, 0.6) is 0 Å². The van der Waals surface area contributed by atoms with Crippen LogP contribution in [0.15, 0.2) is 18.2 Å². The van der Waals surface area contributed by atoms with Crippen molar-refractivity contribution in [1.29, 1.82) is 0 Å². The number of anilines is 1. The van der Waals surface area contributed by atoms with Crippen LogP contribution >= 0.6 is 0 Å². The van der Waals surface area contributed by atoms with Gasteiger partial charge in [0.05, 0.1) is 42.9 Å². The molecule has 0 bridgehead atoms. The van der Waals surface area contributed by atoms with E-state index >= 15 is 0 Å². The molecular weight excluding hydrogens is 350 g/mol. The van der Waals surface area contributed by atoms with Gasteiger partial charge in [0.15, 0.2) is 9.84 Å². The Labute approximate surface area is 144 Å². The third kappa shape index (κ3) is 3.11. The van der Waals surface area contributed by atoms with E-state index in [1.165, 1.54) is 37.3 Å². The first-order valence-corrected chi connectivity index (χ1v) is 9.42. The molecule has 2 aliphatic rings. The third-order valence-corrected chi connectivity index (χ3v) is 6.30. The topological polar surface area (TPSA) is 107 Å². The number of sulfone groups is 1. The van der Waals surface area contributed by atoms with Crippen LogP contribution < -0.4 is 4.90 Å². The lowest BCUT2D eigenvalue weighted by molar-refractivity contribution is -0.117. The molecule has 25 heavy (non-hydrogen) atoms. The summed E-state index contributed by atoms with van der Waals surface area (Å²) in [6.07, 6.45) is 0.125. The smallest absolute Gasteiger partial charge is 0.337 e. The number of methoxy groups -OCH3 is 2. The van der Waals surface area contributed by atoms with Gasteiger partial charge in [-0.15, -0.1) is 0 Å². The fraction of sp³-hybridized carbons (Fsp3) is 0.438. The van der Waals surface area contributed by atoms with Gasteiger partial charge in [-0.1, -0.05) is 0 Å². The summed E-state index contributed by atoms with van der Waals surface area (Å²) in [5.74, 6) is -2.01. The molecule has 134 valence electrons. The minimum Gasteiger partial charge on any atom is -0.465 e. The number of nitrogens with zero attached hydrogens (tertiary/aromatic N) is 1. The van der Waals surface area contributed by atoms with E-state index in [2.05, 4.69) is 9.47 Å². The van der Waals surface area contributed by atoms with Crippen LogP contribution in [-0.2, 0) is 24.1 Å². The number of fused-ring (bicyclic) bond motifs is 1. The van der Waals surface area contributed by atoms with Crippen molar-refractivity contribution in [3.63, 3.8) is 0 Å². The predicted octanol–water partition coefficient (Wildman–Crippen LogP) is 0.410. The Morgan fingerprint density at radius 3 is 2.12 bits per heavy atom. The van der Waals surface area contributed by atoms with Gasteiger partial charge in [0.1, 0.15) is 0 Å². The maximum Gasteiger partial charge on any atom is 0.337 e. The van der Waals surface area contributed by atoms with Crippen LogP contribution in [0.2, 0.25) is 0 Å². The largest absolute Gasteiger partial charge is 0.465 e. The van der Waals surface area contributed by atoms with E-state index < -0.39 is 27.8 Å². The van der Waals surface area contributed by atoms with Gasteiger partial charge in [-0.2, -0.15) is 0 Å². The lowest BCUT2D eigenvalue weighted by Gasteiger charge is -2.24. The molecule has 2 saturated heterocycles. The summed E-state index contributed by atoms with van der Waals surface area (Å²) >= 11 is 0. The summed E-state index contributed by atoms with van der Waals surface area (Å²) in [6.45, 7) is 0. The van der Waals surface area contributed by atoms with Crippen molar-refractivity contribution < 1.29 is 32.3 Å². The second-order valence-electron chi connectivity index (χ2n) is 6.12. The second-order valence-corrected chi connectivity index (χ2v) is 8.28. The second kappa shape index (κ2) is 6.14. The summed E-state index contributed by atoms with van der Waals surface area (Å²) in [7, 11) is -0.806. The number of carbonyl (C=O) groups is 3. The van der Waals surface area contributed by atoms with Crippen LogP contribution in [0.4, 0.5) is 5.69 Å². The zero-order valence-electron chi connectivity index (χ0n) is 13.7. The van der Waals surface area contributed by atoms with Gasteiger partial charge in [0, 0.05) is 18.0 Å². The SMILES string of the molecule is COC(=O)c1cc(C(=O)OC)cc(N2C(=O)C[C@H]3CS(=O)(=O)C[C@@H]32)c1. The molecular formula is C16H17NO7S. The van der Waals surface area contributed by atoms with Crippen LogP contribution in [-0.4, -0.2) is 58.0 Å². The lowest BCUT2D eigenvalue weighted by Crippen LogP contribution is -2.36. The molecule has 0 spiro atoms. The van der Waals surface area contributed by atoms with Crippen LogP contribution in [0.3, 0.4) is 0 Å². The van der Waals surface area contributed by atoms with Crippen LogP contribution in [0.25, 0.3) is 0 Å². The minimum atomic E-state index is -3.21. The zero-order valence-corrected chi connectivity index (χ0v) is 14.5. The number of ether oxygens (including phenoxy) is 2. The Kier molecular flexibility index (Phi) is 4.28. The van der Waals surface area contributed by atoms with Crippen molar-refractivity contribution in [2.75, 3.05) is 30.6 Å². The maximum atomic E-state index is 12.4. The molecule has 0 aliphatic carbocycles. The van der Waals surface area contributed by atoms with E-state index in [-0.39, 0.29) is 46.6 Å². The summed E-state index contributed by atoms with van der Waals surface area (Å²) in [5, 5.41) is 0. The normalized spacial score (nSPS) is 24.1. The number of hydrogen-bond donors (Lipinski definition) is 0. The first kappa shape index (κ1) is 17.4. The van der Waals surface area contributed by atoms with Gasteiger partial charge < -0.3 is 14.4 Å². The van der Waals surface area contributed by atoms with Crippen molar-refractivity contribution >= 4 is 33.4 Å². The van der Waals surface area contributed by atoms with Crippen LogP contribution in [0.1, 0.15) is 27.1 Å². The molecule has 8 nitrogen and oxygen atoms in total. The Bertz CT molecular complexity index is 827. The van der Waals surface area contributed by atoms with Crippen molar-refractivity contribution in [3.8, 4) is 0 Å². The average Bonchev–Trinajstić information content (AvgIpc) is 3.02. The zero-order chi connectivity index (χ0) is 18.4. The molecule has 3 rings (SSSR count). The van der Waals surface area contributed by atoms with Crippen molar-refractivity contribution in [3.05, 3.63) is 29.3 Å². The highest BCUT2D eigenvalue weighted by atomic mass is 32.2. The lowest BCUT2D eigenvalue weighted by atomic mass is 10.0. The number of carbonyl (C=O) groups excluding carboxylic acids is 3. The number of esters is 2. The fourth-order valence-electron chi connectivity index (χ4n) is 3.45. The number of amides is 1. The predicted molar refractivity (Wildman–Crippen MR) is 87.2 cm³/mol. The highest BCUT2D eigenvalue weighted by Gasteiger charge is 2.49. The average molecular weight is 367 g/mol. The highest BCUT2D eigenvalue weighted by Crippen LogP contribution is 2.37. The molecule has 2 fully saturated rings. The molecule has 2 aliphatic heterocycles. The van der Waals surface area contributed by atoms with E-state index in [1.54, 1.807) is 0 Å². The fourth-order valence-corrected chi connectivity index (χ4v) is 5.52. The van der Waals surface area contributed by atoms with E-state index in [0.29, 0.717) is 0 Å². The molecule has 0 N–H and O–H groups in total. The quantitative estimate of drug-likeness (QED) is 0.712. The molecule has 2 heterocycles. The van der Waals surface area contributed by atoms with Crippen LogP contribution in [0, 0.1) is 5.92 Å². The summed E-state index contributed by atoms with van der Waals surface area (Å²) in [4.78, 5) is 37.5. The Morgan fingerprint density at radius 2 is 1.60 bits per heavy atom. The summed E-state index contributed by atoms with van der Waals surface area (Å²) < 4.78 is 33.1. The third-order valence-electron chi connectivity index (χ3n) is 4.51. The molecule has 0 saturated carbocycles. The Hall–Kier alpha value is -2.42. The molecule has 1 amide bonds. The maximum absolute atomic E-state index is 12.4. The molecule has 0 aromatic heterocycles. The minimum absolute atomic E-state index is 0.0273. The first-order chi connectivity index (χ1) is 11.8. The van der Waals surface area contributed by atoms with Gasteiger partial charge in [-0.25, -0.2) is 18.0 Å². The molecule has 9 heteroatoms. The molecule has 0 unspecified atom stereocenters. The van der Waals surface area contributed by atoms with E-state index in [1.807, 2.05) is 0 Å². The van der Waals surface area contributed by atoms with Crippen molar-refractivity contribution in [2.45, 2.75) is 12.5 Å². The molecule has 2 atom stereocenters. The molecule has 1 aromatic rings. The Morgan fingerprint density at radius 1 is 1.04 bits per heavy atom. The van der Waals surface area contributed by atoms with Gasteiger partial charge in [0.2, 0.25) is 5.91 Å². The van der Waals surface area contributed by atoms with E-state index in [4.69, 9.17) is 0 Å². The monoisotopic (exact) mass is 367 g/mol.